The van der Waals surface area contributed by atoms with Gasteiger partial charge in [-0.2, -0.15) is 0 Å². The Balaban J connectivity index is 1.71. The third kappa shape index (κ3) is 9.28. The molecule has 1 aliphatic heterocycles. The summed E-state index contributed by atoms with van der Waals surface area (Å²) in [6.45, 7) is 5.71. The van der Waals surface area contributed by atoms with E-state index in [1.807, 2.05) is 38.1 Å². The Kier molecular flexibility index (Phi) is 12.7. The fourth-order valence-electron chi connectivity index (χ4n) is 5.34. The summed E-state index contributed by atoms with van der Waals surface area (Å²) in [6.07, 6.45) is 2.99. The zero-order chi connectivity index (χ0) is 32.4. The van der Waals surface area contributed by atoms with Gasteiger partial charge in [0.1, 0.15) is 18.1 Å². The van der Waals surface area contributed by atoms with E-state index >= 15 is 0 Å². The number of benzene rings is 1. The van der Waals surface area contributed by atoms with Crippen LogP contribution in [0.15, 0.2) is 30.5 Å². The number of esters is 1. The average Bonchev–Trinajstić information content (AvgIpc) is 3.66. The van der Waals surface area contributed by atoms with Gasteiger partial charge >= 0.3 is 5.97 Å². The Morgan fingerprint density at radius 1 is 1.02 bits per heavy atom. The molecular weight excluding hydrogens is 590 g/mol. The molecular formula is C31H42ClN5O7. The van der Waals surface area contributed by atoms with E-state index in [2.05, 4.69) is 25.7 Å². The number of carbonyl (C=O) groups excluding carboxylic acids is 6. The van der Waals surface area contributed by atoms with Gasteiger partial charge in [0.25, 0.3) is 0 Å². The molecule has 2 heterocycles. The Hall–Kier alpha value is -3.93. The first kappa shape index (κ1) is 34.6. The third-order valence-corrected chi connectivity index (χ3v) is 7.91. The molecule has 0 saturated carbocycles. The van der Waals surface area contributed by atoms with E-state index in [9.17, 15) is 28.8 Å². The molecule has 0 unspecified atom stereocenters. The number of hydrogen-bond donors (Lipinski definition) is 4. The van der Waals surface area contributed by atoms with Crippen LogP contribution in [0.5, 0.6) is 0 Å². The molecule has 13 heteroatoms. The summed E-state index contributed by atoms with van der Waals surface area (Å²) in [5.41, 5.74) is 1.65. The van der Waals surface area contributed by atoms with Gasteiger partial charge in [0, 0.05) is 36.5 Å². The minimum absolute atomic E-state index is 0.126. The highest BCUT2D eigenvalue weighted by Gasteiger charge is 2.38. The molecule has 0 bridgehead atoms. The zero-order valence-electron chi connectivity index (χ0n) is 25.6. The minimum Gasteiger partial charge on any atom is -0.469 e. The molecule has 1 fully saturated rings. The van der Waals surface area contributed by atoms with Crippen LogP contribution >= 0.6 is 11.6 Å². The highest BCUT2D eigenvalue weighted by molar-refractivity contribution is 6.28. The molecule has 0 radical (unpaired) electrons. The molecule has 4 atom stereocenters. The van der Waals surface area contributed by atoms with E-state index in [-0.39, 0.29) is 36.8 Å². The Bertz CT molecular complexity index is 1360. The number of halogens is 1. The molecule has 4 amide bonds. The van der Waals surface area contributed by atoms with Crippen LogP contribution in [-0.4, -0.2) is 89.0 Å². The third-order valence-electron chi connectivity index (χ3n) is 7.65. The number of methoxy groups -OCH3 is 1. The molecule has 0 aliphatic carbocycles. The molecule has 12 nitrogen and oxygen atoms in total. The second kappa shape index (κ2) is 16.2. The summed E-state index contributed by atoms with van der Waals surface area (Å²) in [6, 6.07) is 3.93. The van der Waals surface area contributed by atoms with Crippen LogP contribution in [0.3, 0.4) is 0 Å². The maximum absolute atomic E-state index is 13.5. The maximum atomic E-state index is 13.5. The fourth-order valence-corrected chi connectivity index (χ4v) is 5.53. The number of nitrogens with one attached hydrogen (secondary N) is 4. The van der Waals surface area contributed by atoms with Crippen molar-refractivity contribution in [2.75, 3.05) is 19.5 Å². The van der Waals surface area contributed by atoms with E-state index < -0.39 is 53.8 Å². The molecule has 1 saturated heterocycles. The molecule has 0 spiro atoms. The van der Waals surface area contributed by atoms with Crippen molar-refractivity contribution in [3.8, 4) is 0 Å². The van der Waals surface area contributed by atoms with E-state index in [1.165, 1.54) is 18.9 Å². The number of aromatic nitrogens is 1. The van der Waals surface area contributed by atoms with E-state index in [4.69, 9.17) is 11.6 Å². The molecule has 44 heavy (non-hydrogen) atoms. The highest BCUT2D eigenvalue weighted by Crippen LogP contribution is 2.21. The number of likely N-dealkylation sites (tertiary alicyclic amines) is 1. The van der Waals surface area contributed by atoms with Crippen molar-refractivity contribution in [3.05, 3.63) is 36.0 Å². The number of rotatable bonds is 15. The molecule has 2 aromatic rings. The lowest BCUT2D eigenvalue weighted by Crippen LogP contribution is -2.57. The van der Waals surface area contributed by atoms with Crippen molar-refractivity contribution in [1.82, 2.24) is 25.8 Å². The predicted molar refractivity (Wildman–Crippen MR) is 165 cm³/mol. The van der Waals surface area contributed by atoms with E-state index in [0.717, 1.165) is 16.5 Å². The fraction of sp³-hybridized carbons (Fsp3) is 0.548. The van der Waals surface area contributed by atoms with Crippen molar-refractivity contribution in [2.45, 2.75) is 83.5 Å². The first-order chi connectivity index (χ1) is 20.9. The van der Waals surface area contributed by atoms with Crippen LogP contribution in [0.4, 0.5) is 0 Å². The Morgan fingerprint density at radius 2 is 1.75 bits per heavy atom. The van der Waals surface area contributed by atoms with Gasteiger partial charge in [-0.25, -0.2) is 0 Å². The first-order valence-electron chi connectivity index (χ1n) is 14.9. The van der Waals surface area contributed by atoms with E-state index in [1.54, 1.807) is 6.20 Å². The smallest absolute Gasteiger partial charge is 0.306 e. The number of hydrogen-bond acceptors (Lipinski definition) is 7. The van der Waals surface area contributed by atoms with Crippen LogP contribution < -0.4 is 16.0 Å². The number of para-hydroxylation sites is 1. The summed E-state index contributed by atoms with van der Waals surface area (Å²) in [5.74, 6) is -2.93. The first-order valence-corrected chi connectivity index (χ1v) is 15.4. The van der Waals surface area contributed by atoms with Gasteiger partial charge in [0.05, 0.1) is 25.5 Å². The van der Waals surface area contributed by atoms with Gasteiger partial charge in [0.15, 0.2) is 5.78 Å². The quantitative estimate of drug-likeness (QED) is 0.172. The number of ether oxygens (including phenoxy) is 1. The van der Waals surface area contributed by atoms with Gasteiger partial charge in [-0.1, -0.05) is 32.0 Å². The number of ketones is 1. The number of H-pyrrole nitrogens is 1. The number of nitrogens with zero attached hydrogens (tertiary/aromatic N) is 1. The van der Waals surface area contributed by atoms with Crippen molar-refractivity contribution in [3.63, 3.8) is 0 Å². The normalized spacial score (nSPS) is 16.7. The summed E-state index contributed by atoms with van der Waals surface area (Å²) in [5, 5.41) is 9.04. The van der Waals surface area contributed by atoms with Crippen LogP contribution in [-0.2, 0) is 39.9 Å². The monoisotopic (exact) mass is 631 g/mol. The molecule has 1 aromatic heterocycles. The number of fused-ring (bicyclic) bond motifs is 1. The summed E-state index contributed by atoms with van der Waals surface area (Å²) < 4.78 is 4.60. The Morgan fingerprint density at radius 3 is 2.43 bits per heavy atom. The number of amides is 4. The topological polar surface area (TPSA) is 167 Å². The van der Waals surface area contributed by atoms with Gasteiger partial charge in [-0.05, 0) is 43.7 Å². The largest absolute Gasteiger partial charge is 0.469 e. The Labute approximate surface area is 262 Å². The van der Waals surface area contributed by atoms with Gasteiger partial charge < -0.3 is 30.6 Å². The number of carbonyl (C=O) groups is 6. The van der Waals surface area contributed by atoms with E-state index in [0.29, 0.717) is 25.8 Å². The average molecular weight is 632 g/mol. The lowest BCUT2D eigenvalue weighted by atomic mass is 10.00. The molecule has 1 aliphatic rings. The molecule has 1 aromatic carbocycles. The standard InChI is InChI=1S/C31H42ClN5O7/c1-18(2)14-23(26(38)16-32)36-30(42)25-10-7-13-37(25)31(43)19(3)34-29(41)24(35-27(39)11-12-28(40)44-4)15-20-17-33-22-9-6-5-8-21(20)22/h5-6,8-9,17-19,23-25,33H,7,10-16H2,1-4H3,(H,34,41)(H,35,39)(H,36,42)/t19-,23-,24-,25-/m0/s1. The predicted octanol–water partition coefficient (Wildman–Crippen LogP) is 1.98. The van der Waals surface area contributed by atoms with Crippen LogP contribution in [0.25, 0.3) is 10.9 Å². The number of aromatic amines is 1. The summed E-state index contributed by atoms with van der Waals surface area (Å²) in [4.78, 5) is 81.3. The SMILES string of the molecule is COC(=O)CCC(=O)N[C@@H](Cc1c[nH]c2ccccc12)C(=O)N[C@@H](C)C(=O)N1CCC[C@H]1C(=O)N[C@@H](CC(C)C)C(=O)CCl. The summed E-state index contributed by atoms with van der Waals surface area (Å²) in [7, 11) is 1.23. The van der Waals surface area contributed by atoms with Gasteiger partial charge in [0.2, 0.25) is 23.6 Å². The second-order valence-electron chi connectivity index (χ2n) is 11.5. The van der Waals surface area contributed by atoms with Crippen molar-refractivity contribution in [2.24, 2.45) is 5.92 Å². The lowest BCUT2D eigenvalue weighted by molar-refractivity contribution is -0.142. The van der Waals surface area contributed by atoms with Crippen LogP contribution in [0, 0.1) is 5.92 Å². The van der Waals surface area contributed by atoms with Gasteiger partial charge in [-0.3, -0.25) is 28.8 Å². The second-order valence-corrected chi connectivity index (χ2v) is 11.7. The molecule has 240 valence electrons. The lowest BCUT2D eigenvalue weighted by Gasteiger charge is -2.29. The summed E-state index contributed by atoms with van der Waals surface area (Å²) >= 11 is 5.76. The van der Waals surface area contributed by atoms with Crippen LogP contribution in [0.2, 0.25) is 0 Å². The van der Waals surface area contributed by atoms with Crippen molar-refractivity contribution in [1.29, 1.82) is 0 Å². The van der Waals surface area contributed by atoms with Crippen molar-refractivity contribution >= 4 is 57.9 Å². The van der Waals surface area contributed by atoms with Gasteiger partial charge in [-0.15, -0.1) is 11.6 Å². The number of Topliss-reactive ketones (excluding diaryl/α,β-unsaturated/α-hetero) is 1. The molecule has 4 N–H and O–H groups in total. The minimum atomic E-state index is -1.05. The van der Waals surface area contributed by atoms with Crippen LogP contribution in [0.1, 0.15) is 58.4 Å². The number of alkyl halides is 1. The zero-order valence-corrected chi connectivity index (χ0v) is 26.4. The molecule has 3 rings (SSSR count). The van der Waals surface area contributed by atoms with Crippen molar-refractivity contribution < 1.29 is 33.5 Å². The maximum Gasteiger partial charge on any atom is 0.306 e. The highest BCUT2D eigenvalue weighted by atomic mass is 35.5.